The number of nitrogens with zero attached hydrogens (tertiary/aromatic N) is 2. The summed E-state index contributed by atoms with van der Waals surface area (Å²) in [5.41, 5.74) is 8.81. The maximum absolute atomic E-state index is 5.79. The van der Waals surface area contributed by atoms with Gasteiger partial charge >= 0.3 is 0 Å². The van der Waals surface area contributed by atoms with Gasteiger partial charge in [0, 0.05) is 41.7 Å². The average Bonchev–Trinajstić information content (AvgIpc) is 2.39. The van der Waals surface area contributed by atoms with Crippen LogP contribution in [0.3, 0.4) is 0 Å². The highest BCUT2D eigenvalue weighted by Gasteiger charge is 2.10. The van der Waals surface area contributed by atoms with E-state index < -0.39 is 0 Å². The largest absolute Gasteiger partial charge is 0.389 e. The Morgan fingerprint density at radius 3 is 2.84 bits per heavy atom. The molecule has 0 amide bonds. The molecular weight excluding hydrogens is 322 g/mol. The van der Waals surface area contributed by atoms with Gasteiger partial charge in [0.05, 0.1) is 0 Å². The Labute approximate surface area is 126 Å². The summed E-state index contributed by atoms with van der Waals surface area (Å²) in [5.74, 6) is 0. The van der Waals surface area contributed by atoms with Crippen molar-refractivity contribution in [1.29, 1.82) is 0 Å². The first kappa shape index (κ1) is 14.0. The quantitative estimate of drug-likeness (QED) is 0.871. The Kier molecular flexibility index (Phi) is 4.50. The van der Waals surface area contributed by atoms with Gasteiger partial charge in [0.15, 0.2) is 0 Å². The van der Waals surface area contributed by atoms with Crippen LogP contribution < -0.4 is 10.6 Å². The second-order valence-electron chi connectivity index (χ2n) is 4.24. The second-order valence-corrected chi connectivity index (χ2v) is 5.60. The molecule has 0 saturated heterocycles. The molecule has 0 atom stereocenters. The minimum absolute atomic E-state index is 0.398. The van der Waals surface area contributed by atoms with Gasteiger partial charge in [-0.1, -0.05) is 34.2 Å². The Hall–Kier alpha value is -1.46. The molecule has 19 heavy (non-hydrogen) atoms. The number of rotatable bonds is 4. The molecule has 3 nitrogen and oxygen atoms in total. The Bertz CT molecular complexity index is 586. The number of benzene rings is 1. The first-order valence-corrected chi connectivity index (χ1v) is 6.97. The third-order valence-corrected chi connectivity index (χ3v) is 3.49. The summed E-state index contributed by atoms with van der Waals surface area (Å²) in [6, 6.07) is 9.91. The van der Waals surface area contributed by atoms with E-state index >= 15 is 0 Å². The summed E-state index contributed by atoms with van der Waals surface area (Å²) in [6.07, 6.45) is 3.62. The van der Waals surface area contributed by atoms with E-state index in [-0.39, 0.29) is 0 Å². The topological polar surface area (TPSA) is 42.2 Å². The second kappa shape index (κ2) is 6.12. The third-order valence-electron chi connectivity index (χ3n) is 2.78. The summed E-state index contributed by atoms with van der Waals surface area (Å²) in [7, 11) is 2.01. The van der Waals surface area contributed by atoms with Crippen LogP contribution in [0.4, 0.5) is 5.69 Å². The van der Waals surface area contributed by atoms with Crippen LogP contribution in [-0.4, -0.2) is 17.0 Å². The molecule has 0 aliphatic rings. The molecule has 2 rings (SSSR count). The van der Waals surface area contributed by atoms with E-state index in [0.29, 0.717) is 4.99 Å². The molecule has 1 aromatic carbocycles. The van der Waals surface area contributed by atoms with Gasteiger partial charge in [-0.15, -0.1) is 0 Å². The molecule has 1 heterocycles. The van der Waals surface area contributed by atoms with Crippen LogP contribution in [0.25, 0.3) is 0 Å². The van der Waals surface area contributed by atoms with Crippen molar-refractivity contribution in [3.05, 3.63) is 58.3 Å². The van der Waals surface area contributed by atoms with Crippen molar-refractivity contribution in [3.63, 3.8) is 0 Å². The van der Waals surface area contributed by atoms with E-state index in [1.165, 1.54) is 0 Å². The first-order chi connectivity index (χ1) is 9.08. The van der Waals surface area contributed by atoms with Crippen molar-refractivity contribution in [2.45, 2.75) is 6.54 Å². The SMILES string of the molecule is CN(Cc1cccnc1)c1ccc(Br)cc1C(N)=S. The molecule has 0 aliphatic heterocycles. The summed E-state index contributed by atoms with van der Waals surface area (Å²) in [4.78, 5) is 6.63. The summed E-state index contributed by atoms with van der Waals surface area (Å²) in [6.45, 7) is 0.755. The lowest BCUT2D eigenvalue weighted by atomic mass is 10.1. The minimum Gasteiger partial charge on any atom is -0.389 e. The predicted molar refractivity (Wildman–Crippen MR) is 86.4 cm³/mol. The van der Waals surface area contributed by atoms with Gasteiger partial charge in [0.25, 0.3) is 0 Å². The number of pyridine rings is 1. The predicted octanol–water partition coefficient (Wildman–Crippen LogP) is 3.11. The lowest BCUT2D eigenvalue weighted by Gasteiger charge is -2.22. The van der Waals surface area contributed by atoms with E-state index in [4.69, 9.17) is 18.0 Å². The molecule has 0 unspecified atom stereocenters. The maximum Gasteiger partial charge on any atom is 0.106 e. The van der Waals surface area contributed by atoms with Crippen molar-refractivity contribution in [1.82, 2.24) is 4.98 Å². The number of hydrogen-bond acceptors (Lipinski definition) is 3. The molecule has 98 valence electrons. The average molecular weight is 336 g/mol. The van der Waals surface area contributed by atoms with Crippen LogP contribution in [0.2, 0.25) is 0 Å². The van der Waals surface area contributed by atoms with E-state index in [1.54, 1.807) is 6.20 Å². The monoisotopic (exact) mass is 335 g/mol. The molecular formula is C14H14BrN3S. The molecule has 0 bridgehead atoms. The zero-order chi connectivity index (χ0) is 13.8. The summed E-state index contributed by atoms with van der Waals surface area (Å²) < 4.78 is 0.967. The number of hydrogen-bond donors (Lipinski definition) is 1. The van der Waals surface area contributed by atoms with Crippen molar-refractivity contribution in [2.24, 2.45) is 5.73 Å². The molecule has 5 heteroatoms. The van der Waals surface area contributed by atoms with Crippen LogP contribution in [0.15, 0.2) is 47.2 Å². The van der Waals surface area contributed by atoms with Crippen LogP contribution >= 0.6 is 28.1 Å². The van der Waals surface area contributed by atoms with Gasteiger partial charge in [0.2, 0.25) is 0 Å². The van der Waals surface area contributed by atoms with Crippen molar-refractivity contribution in [3.8, 4) is 0 Å². The molecule has 0 fully saturated rings. The Morgan fingerprint density at radius 1 is 1.42 bits per heavy atom. The number of nitrogens with two attached hydrogens (primary N) is 1. The molecule has 0 radical (unpaired) electrons. The lowest BCUT2D eigenvalue weighted by Crippen LogP contribution is -2.21. The van der Waals surface area contributed by atoms with Gasteiger partial charge in [-0.2, -0.15) is 0 Å². The standard InChI is InChI=1S/C14H14BrN3S/c1-18(9-10-3-2-6-17-8-10)13-5-4-11(15)7-12(13)14(16)19/h2-8H,9H2,1H3,(H2,16,19). The van der Waals surface area contributed by atoms with Crippen LogP contribution in [0.1, 0.15) is 11.1 Å². The highest BCUT2D eigenvalue weighted by Crippen LogP contribution is 2.25. The zero-order valence-electron chi connectivity index (χ0n) is 10.5. The normalized spacial score (nSPS) is 10.2. The molecule has 1 aromatic heterocycles. The van der Waals surface area contributed by atoms with Gasteiger partial charge < -0.3 is 10.6 Å². The Morgan fingerprint density at radius 2 is 2.21 bits per heavy atom. The molecule has 0 saturated carbocycles. The van der Waals surface area contributed by atoms with Crippen LogP contribution in [0.5, 0.6) is 0 Å². The minimum atomic E-state index is 0.398. The highest BCUT2D eigenvalue weighted by molar-refractivity contribution is 9.10. The zero-order valence-corrected chi connectivity index (χ0v) is 12.9. The molecule has 2 aromatic rings. The molecule has 2 N–H and O–H groups in total. The van der Waals surface area contributed by atoms with E-state index in [1.807, 2.05) is 43.6 Å². The van der Waals surface area contributed by atoms with Crippen molar-refractivity contribution >= 4 is 38.8 Å². The number of aromatic nitrogens is 1. The van der Waals surface area contributed by atoms with Crippen molar-refractivity contribution < 1.29 is 0 Å². The van der Waals surface area contributed by atoms with E-state index in [2.05, 4.69) is 25.8 Å². The van der Waals surface area contributed by atoms with Gasteiger partial charge in [0.1, 0.15) is 4.99 Å². The van der Waals surface area contributed by atoms with Gasteiger partial charge in [-0.05, 0) is 29.8 Å². The molecule has 0 aliphatic carbocycles. The van der Waals surface area contributed by atoms with Gasteiger partial charge in [-0.3, -0.25) is 4.98 Å². The summed E-state index contributed by atoms with van der Waals surface area (Å²) >= 11 is 8.55. The van der Waals surface area contributed by atoms with Crippen molar-refractivity contribution in [2.75, 3.05) is 11.9 Å². The van der Waals surface area contributed by atoms with Gasteiger partial charge in [-0.25, -0.2) is 0 Å². The van der Waals surface area contributed by atoms with E-state index in [0.717, 1.165) is 27.8 Å². The number of thiocarbonyl (C=S) groups is 1. The first-order valence-electron chi connectivity index (χ1n) is 5.77. The van der Waals surface area contributed by atoms with Crippen LogP contribution in [-0.2, 0) is 6.54 Å². The lowest BCUT2D eigenvalue weighted by molar-refractivity contribution is 0.914. The number of halogens is 1. The van der Waals surface area contributed by atoms with E-state index in [9.17, 15) is 0 Å². The number of anilines is 1. The highest BCUT2D eigenvalue weighted by atomic mass is 79.9. The Balaban J connectivity index is 2.28. The van der Waals surface area contributed by atoms with Crippen LogP contribution in [0, 0.1) is 0 Å². The third kappa shape index (κ3) is 3.52. The fourth-order valence-electron chi connectivity index (χ4n) is 1.89. The summed E-state index contributed by atoms with van der Waals surface area (Å²) in [5, 5.41) is 0. The molecule has 0 spiro atoms. The maximum atomic E-state index is 5.79. The fourth-order valence-corrected chi connectivity index (χ4v) is 2.41. The fraction of sp³-hybridized carbons (Fsp3) is 0.143. The smallest absolute Gasteiger partial charge is 0.106 e.